The zero-order valence-corrected chi connectivity index (χ0v) is 26.1. The van der Waals surface area contributed by atoms with Crippen molar-refractivity contribution in [2.24, 2.45) is 0 Å². The van der Waals surface area contributed by atoms with Gasteiger partial charge in [-0.05, 0) is 38.5 Å². The van der Waals surface area contributed by atoms with E-state index in [9.17, 15) is 43.2 Å². The van der Waals surface area contributed by atoms with E-state index < -0.39 is 30.8 Å². The van der Waals surface area contributed by atoms with Crippen molar-refractivity contribution in [3.63, 3.8) is 0 Å². The molecule has 0 saturated heterocycles. The van der Waals surface area contributed by atoms with Crippen LogP contribution in [0.4, 0.5) is 0 Å². The van der Waals surface area contributed by atoms with Crippen LogP contribution in [0.15, 0.2) is 36.5 Å². The fourth-order valence-corrected chi connectivity index (χ4v) is 4.84. The van der Waals surface area contributed by atoms with Gasteiger partial charge in [0.25, 0.3) is 41.7 Å². The maximum atomic E-state index is 12.5. The lowest BCUT2D eigenvalue weighted by atomic mass is 10.2. The Morgan fingerprint density at radius 1 is 0.447 bits per heavy atom. The van der Waals surface area contributed by atoms with Crippen LogP contribution in [-0.4, -0.2) is 101 Å². The zero-order valence-electron chi connectivity index (χ0n) is 26.1. The Labute approximate surface area is 271 Å². The first-order valence-electron chi connectivity index (χ1n) is 15.7. The minimum Gasteiger partial charge on any atom is -0.458 e. The molecular weight excluding hydrogens is 618 g/mol. The third kappa shape index (κ3) is 12.4. The van der Waals surface area contributed by atoms with E-state index in [0.717, 1.165) is 14.7 Å². The van der Waals surface area contributed by atoms with Crippen molar-refractivity contribution < 1.29 is 57.4 Å². The number of hydrogen-bond donors (Lipinski definition) is 0. The van der Waals surface area contributed by atoms with Crippen molar-refractivity contribution >= 4 is 53.4 Å². The summed E-state index contributed by atoms with van der Waals surface area (Å²) in [5.74, 6) is -4.25. The number of esters is 3. The Bertz CT molecular complexity index is 1210. The van der Waals surface area contributed by atoms with E-state index in [4.69, 9.17) is 14.2 Å². The molecule has 0 aromatic heterocycles. The molecule has 15 nitrogen and oxygen atoms in total. The second kappa shape index (κ2) is 18.9. The summed E-state index contributed by atoms with van der Waals surface area (Å²) in [4.78, 5) is 110. The molecule has 0 aromatic carbocycles. The molecule has 0 radical (unpaired) electrons. The number of carbonyl (C=O) groups excluding carboxylic acids is 9. The number of ether oxygens (including phenoxy) is 3. The highest BCUT2D eigenvalue weighted by atomic mass is 16.7. The Morgan fingerprint density at radius 2 is 0.745 bits per heavy atom. The molecule has 254 valence electrons. The number of imide groups is 3. The normalized spacial score (nSPS) is 15.6. The zero-order chi connectivity index (χ0) is 34.2. The summed E-state index contributed by atoms with van der Waals surface area (Å²) < 4.78 is 15.7. The molecule has 0 saturated carbocycles. The van der Waals surface area contributed by atoms with Crippen LogP contribution in [0.5, 0.6) is 0 Å². The molecule has 0 spiro atoms. The smallest absolute Gasteiger partial charge is 0.308 e. The summed E-state index contributed by atoms with van der Waals surface area (Å²) in [6, 6.07) is 0. The third-order valence-corrected chi connectivity index (χ3v) is 7.40. The van der Waals surface area contributed by atoms with Crippen LogP contribution in [-0.2, 0) is 57.4 Å². The molecule has 0 N–H and O–H groups in total. The van der Waals surface area contributed by atoms with Crippen molar-refractivity contribution in [3.05, 3.63) is 36.5 Å². The SMILES string of the molecule is O=C(CCCCCN1C(=O)C=CC1=O)OCC(OC(=O)CCCCCN1C(=O)C=CC1=O)OC(=O)CCCCCN1C(=O)C=CC1=O. The molecule has 47 heavy (non-hydrogen) atoms. The lowest BCUT2D eigenvalue weighted by Crippen LogP contribution is -2.31. The number of rotatable bonds is 22. The molecule has 6 amide bonds. The minimum atomic E-state index is -1.48. The topological polar surface area (TPSA) is 191 Å². The summed E-state index contributed by atoms with van der Waals surface area (Å²) in [6.45, 7) is 0.175. The van der Waals surface area contributed by atoms with Crippen LogP contribution in [0.1, 0.15) is 77.0 Å². The van der Waals surface area contributed by atoms with E-state index in [1.807, 2.05) is 0 Å². The highest BCUT2D eigenvalue weighted by Crippen LogP contribution is 2.13. The van der Waals surface area contributed by atoms with Gasteiger partial charge in [0, 0.05) is 75.4 Å². The second-order valence-electron chi connectivity index (χ2n) is 11.0. The van der Waals surface area contributed by atoms with Crippen molar-refractivity contribution in [3.8, 4) is 0 Å². The van der Waals surface area contributed by atoms with E-state index in [1.54, 1.807) is 0 Å². The van der Waals surface area contributed by atoms with Gasteiger partial charge >= 0.3 is 17.9 Å². The number of hydrogen-bond acceptors (Lipinski definition) is 12. The molecular formula is C32H39N3O12. The van der Waals surface area contributed by atoms with Gasteiger partial charge in [-0.3, -0.25) is 57.9 Å². The van der Waals surface area contributed by atoms with Gasteiger partial charge in [-0.15, -0.1) is 0 Å². The quantitative estimate of drug-likeness (QED) is 0.0705. The average molecular weight is 658 g/mol. The van der Waals surface area contributed by atoms with Gasteiger partial charge < -0.3 is 14.2 Å². The first-order chi connectivity index (χ1) is 22.5. The molecule has 0 aromatic rings. The molecule has 0 aliphatic carbocycles. The number of carbonyl (C=O) groups is 9. The summed E-state index contributed by atoms with van der Waals surface area (Å²) in [5.41, 5.74) is 0. The number of unbranched alkanes of at least 4 members (excludes halogenated alkanes) is 6. The molecule has 0 unspecified atom stereocenters. The highest BCUT2D eigenvalue weighted by Gasteiger charge is 2.25. The summed E-state index contributed by atoms with van der Waals surface area (Å²) in [5, 5.41) is 0. The fourth-order valence-electron chi connectivity index (χ4n) is 4.84. The molecule has 15 heteroatoms. The predicted molar refractivity (Wildman–Crippen MR) is 160 cm³/mol. The highest BCUT2D eigenvalue weighted by molar-refractivity contribution is 6.14. The maximum Gasteiger partial charge on any atom is 0.308 e. The Kier molecular flexibility index (Phi) is 14.7. The second-order valence-corrected chi connectivity index (χ2v) is 11.0. The Morgan fingerprint density at radius 3 is 1.06 bits per heavy atom. The van der Waals surface area contributed by atoms with E-state index in [1.165, 1.54) is 36.5 Å². The van der Waals surface area contributed by atoms with Crippen molar-refractivity contribution in [1.82, 2.24) is 14.7 Å². The van der Waals surface area contributed by atoms with E-state index in [0.29, 0.717) is 57.8 Å². The van der Waals surface area contributed by atoms with E-state index >= 15 is 0 Å². The van der Waals surface area contributed by atoms with Crippen LogP contribution in [0.25, 0.3) is 0 Å². The van der Waals surface area contributed by atoms with Gasteiger partial charge in [0.05, 0.1) is 0 Å². The molecule has 3 rings (SSSR count). The number of nitrogens with zero attached hydrogens (tertiary/aromatic N) is 3. The monoisotopic (exact) mass is 657 g/mol. The first-order valence-corrected chi connectivity index (χ1v) is 15.7. The van der Waals surface area contributed by atoms with Crippen LogP contribution < -0.4 is 0 Å². The van der Waals surface area contributed by atoms with Crippen LogP contribution >= 0.6 is 0 Å². The van der Waals surface area contributed by atoms with Crippen LogP contribution in [0, 0.1) is 0 Å². The number of amides is 6. The largest absolute Gasteiger partial charge is 0.458 e. The van der Waals surface area contributed by atoms with Crippen molar-refractivity contribution in [1.29, 1.82) is 0 Å². The van der Waals surface area contributed by atoms with E-state index in [2.05, 4.69) is 0 Å². The summed E-state index contributed by atoms with van der Waals surface area (Å²) >= 11 is 0. The summed E-state index contributed by atoms with van der Waals surface area (Å²) in [7, 11) is 0. The average Bonchev–Trinajstić information content (AvgIpc) is 3.65. The van der Waals surface area contributed by atoms with Crippen LogP contribution in [0.3, 0.4) is 0 Å². The Balaban J connectivity index is 1.36. The molecule has 3 heterocycles. The van der Waals surface area contributed by atoms with Gasteiger partial charge in [-0.25, -0.2) is 0 Å². The molecule has 3 aliphatic rings. The standard InChI is InChI=1S/C32H39N3O12/c36-23-13-14-24(37)33(23)19-7-1-4-10-29(42)45-22-32(46-30(43)11-5-2-8-20-34-25(38)15-16-26(34)39)47-31(44)12-6-3-9-21-35-27(40)17-18-28(35)41/h13-18,32H,1-12,19-22H2. The predicted octanol–water partition coefficient (Wildman–Crippen LogP) is 1.40. The van der Waals surface area contributed by atoms with Gasteiger partial charge in [0.2, 0.25) is 0 Å². The lowest BCUT2D eigenvalue weighted by molar-refractivity contribution is -0.200. The fraction of sp³-hybridized carbons (Fsp3) is 0.531. The van der Waals surface area contributed by atoms with E-state index in [-0.39, 0.29) is 74.3 Å². The van der Waals surface area contributed by atoms with Crippen molar-refractivity contribution in [2.45, 2.75) is 83.3 Å². The summed E-state index contributed by atoms with van der Waals surface area (Å²) in [6.07, 6.45) is 9.92. The van der Waals surface area contributed by atoms with Gasteiger partial charge in [0.15, 0.2) is 6.61 Å². The van der Waals surface area contributed by atoms with Crippen LogP contribution in [0.2, 0.25) is 0 Å². The van der Waals surface area contributed by atoms with Gasteiger partial charge in [-0.1, -0.05) is 19.3 Å². The van der Waals surface area contributed by atoms with Gasteiger partial charge in [0.1, 0.15) is 0 Å². The third-order valence-electron chi connectivity index (χ3n) is 7.40. The Hall–Kier alpha value is -4.95. The molecule has 0 bridgehead atoms. The van der Waals surface area contributed by atoms with Gasteiger partial charge in [-0.2, -0.15) is 0 Å². The minimum absolute atomic E-state index is 0.0177. The van der Waals surface area contributed by atoms with Crippen molar-refractivity contribution in [2.75, 3.05) is 26.2 Å². The molecule has 0 atom stereocenters. The molecule has 0 fully saturated rings. The maximum absolute atomic E-state index is 12.5. The lowest BCUT2D eigenvalue weighted by Gasteiger charge is -2.19. The first kappa shape index (κ1) is 36.5. The molecule has 3 aliphatic heterocycles.